The molecule has 8 heteroatoms. The van der Waals surface area contributed by atoms with Crippen LogP contribution in [0.2, 0.25) is 0 Å². The summed E-state index contributed by atoms with van der Waals surface area (Å²) >= 11 is 0. The molecule has 2 aromatic rings. The third-order valence-electron chi connectivity index (χ3n) is 4.98. The fraction of sp³-hybridized carbons (Fsp3) is 0.500. The lowest BCUT2D eigenvalue weighted by molar-refractivity contribution is -0.149. The normalized spacial score (nSPS) is 15.6. The van der Waals surface area contributed by atoms with Crippen molar-refractivity contribution in [3.63, 3.8) is 0 Å². The molecule has 3 rings (SSSR count). The maximum Gasteiger partial charge on any atom is 0.329 e. The maximum atomic E-state index is 12.6. The molecule has 158 valence electrons. The minimum Gasteiger partial charge on any atom is -0.466 e. The van der Waals surface area contributed by atoms with Crippen molar-refractivity contribution < 1.29 is 19.1 Å². The summed E-state index contributed by atoms with van der Waals surface area (Å²) < 4.78 is 10.4. The minimum absolute atomic E-state index is 0.157. The van der Waals surface area contributed by atoms with Crippen molar-refractivity contribution in [1.82, 2.24) is 9.97 Å². The van der Waals surface area contributed by atoms with Gasteiger partial charge in [0.1, 0.15) is 5.69 Å². The highest BCUT2D eigenvalue weighted by molar-refractivity contribution is 5.85. The Kier molecular flexibility index (Phi) is 6.83. The first-order valence-corrected chi connectivity index (χ1v) is 10.2. The smallest absolute Gasteiger partial charge is 0.329 e. The number of rotatable bonds is 6. The van der Waals surface area contributed by atoms with Gasteiger partial charge in [-0.1, -0.05) is 12.1 Å². The number of fused-ring (bicyclic) bond motifs is 1. The number of ether oxygens (including phenoxy) is 2. The van der Waals surface area contributed by atoms with Gasteiger partial charge < -0.3 is 14.4 Å². The topological polar surface area (TPSA) is 105 Å². The molecule has 0 bridgehead atoms. The first kappa shape index (κ1) is 21.5. The van der Waals surface area contributed by atoms with E-state index in [0.717, 1.165) is 0 Å². The lowest BCUT2D eigenvalue weighted by Gasteiger charge is -2.33. The van der Waals surface area contributed by atoms with Gasteiger partial charge in [-0.05, 0) is 45.7 Å². The van der Waals surface area contributed by atoms with Gasteiger partial charge in [-0.2, -0.15) is 5.26 Å². The third-order valence-corrected chi connectivity index (χ3v) is 4.98. The molecule has 0 saturated carbocycles. The number of anilines is 1. The molecule has 1 aromatic carbocycles. The van der Waals surface area contributed by atoms with Crippen molar-refractivity contribution in [3.8, 4) is 6.07 Å². The van der Waals surface area contributed by atoms with Crippen molar-refractivity contribution >= 4 is 28.8 Å². The molecule has 0 radical (unpaired) electrons. The molecule has 0 amide bonds. The molecule has 1 aliphatic heterocycles. The summed E-state index contributed by atoms with van der Waals surface area (Å²) in [5, 5.41) is 9.73. The number of carbonyl (C=O) groups excluding carboxylic acids is 2. The first-order chi connectivity index (χ1) is 14.4. The van der Waals surface area contributed by atoms with Crippen LogP contribution >= 0.6 is 0 Å². The van der Waals surface area contributed by atoms with Gasteiger partial charge in [0.2, 0.25) is 0 Å². The Labute approximate surface area is 175 Å². The van der Waals surface area contributed by atoms with Crippen LogP contribution in [0.15, 0.2) is 24.3 Å². The SMILES string of the molecule is CCOC(=O)C1CCN(c2nc3ccccc3nc2C(C#N)C(=O)OC(C)C)CC1. The first-order valence-electron chi connectivity index (χ1n) is 10.2. The summed E-state index contributed by atoms with van der Waals surface area (Å²) in [5.41, 5.74) is 1.57. The number of nitriles is 1. The highest BCUT2D eigenvalue weighted by atomic mass is 16.5. The van der Waals surface area contributed by atoms with E-state index in [2.05, 4.69) is 4.98 Å². The molecule has 1 unspecified atom stereocenters. The largest absolute Gasteiger partial charge is 0.466 e. The zero-order valence-corrected chi connectivity index (χ0v) is 17.5. The van der Waals surface area contributed by atoms with Crippen LogP contribution in [-0.4, -0.2) is 47.7 Å². The molecule has 1 atom stereocenters. The van der Waals surface area contributed by atoms with E-state index in [1.165, 1.54) is 0 Å². The van der Waals surface area contributed by atoms with E-state index in [-0.39, 0.29) is 23.7 Å². The molecule has 1 aromatic heterocycles. The standard InChI is InChI=1S/C22H26N4O4/c1-4-29-21(27)15-9-11-26(12-10-15)20-19(16(13-23)22(28)30-14(2)3)24-17-7-5-6-8-18(17)25-20/h5-8,14-16H,4,9-12H2,1-3H3. The van der Waals surface area contributed by atoms with Crippen LogP contribution < -0.4 is 4.90 Å². The number of hydrogen-bond acceptors (Lipinski definition) is 8. The van der Waals surface area contributed by atoms with E-state index in [0.29, 0.717) is 49.4 Å². The summed E-state index contributed by atoms with van der Waals surface area (Å²) in [6.07, 6.45) is 0.881. The van der Waals surface area contributed by atoms with Crippen LogP contribution in [0.5, 0.6) is 0 Å². The molecular formula is C22H26N4O4. The van der Waals surface area contributed by atoms with Crippen LogP contribution in [0, 0.1) is 17.2 Å². The van der Waals surface area contributed by atoms with Crippen LogP contribution in [0.3, 0.4) is 0 Å². The molecular weight excluding hydrogens is 384 g/mol. The molecule has 1 saturated heterocycles. The van der Waals surface area contributed by atoms with Gasteiger partial charge in [0.15, 0.2) is 11.7 Å². The summed E-state index contributed by atoms with van der Waals surface area (Å²) in [5.74, 6) is -1.67. The predicted octanol–water partition coefficient (Wildman–Crippen LogP) is 2.97. The van der Waals surface area contributed by atoms with E-state index >= 15 is 0 Å². The summed E-state index contributed by atoms with van der Waals surface area (Å²) in [7, 11) is 0. The Morgan fingerprint density at radius 2 is 1.83 bits per heavy atom. The van der Waals surface area contributed by atoms with E-state index < -0.39 is 11.9 Å². The molecule has 8 nitrogen and oxygen atoms in total. The number of hydrogen-bond donors (Lipinski definition) is 0. The van der Waals surface area contributed by atoms with Gasteiger partial charge >= 0.3 is 11.9 Å². The van der Waals surface area contributed by atoms with Crippen molar-refractivity contribution in [2.45, 2.75) is 45.6 Å². The number of carbonyl (C=O) groups is 2. The summed E-state index contributed by atoms with van der Waals surface area (Å²) in [4.78, 5) is 36.0. The number of esters is 2. The molecule has 2 heterocycles. The predicted molar refractivity (Wildman–Crippen MR) is 111 cm³/mol. The van der Waals surface area contributed by atoms with Crippen molar-refractivity contribution in [2.24, 2.45) is 5.92 Å². The number of aromatic nitrogens is 2. The Morgan fingerprint density at radius 3 is 2.40 bits per heavy atom. The number of nitrogens with zero attached hydrogens (tertiary/aromatic N) is 4. The lowest BCUT2D eigenvalue weighted by Crippen LogP contribution is -2.38. The lowest BCUT2D eigenvalue weighted by atomic mass is 9.96. The second-order valence-electron chi connectivity index (χ2n) is 7.48. The maximum absolute atomic E-state index is 12.6. The Bertz CT molecular complexity index is 961. The summed E-state index contributed by atoms with van der Waals surface area (Å²) in [6.45, 7) is 6.74. The zero-order chi connectivity index (χ0) is 21.7. The van der Waals surface area contributed by atoms with Gasteiger partial charge in [-0.3, -0.25) is 9.59 Å². The zero-order valence-electron chi connectivity index (χ0n) is 17.5. The van der Waals surface area contributed by atoms with E-state index in [1.54, 1.807) is 26.8 Å². The second-order valence-corrected chi connectivity index (χ2v) is 7.48. The fourth-order valence-electron chi connectivity index (χ4n) is 3.54. The number of para-hydroxylation sites is 2. The summed E-state index contributed by atoms with van der Waals surface area (Å²) in [6, 6.07) is 9.37. The highest BCUT2D eigenvalue weighted by Crippen LogP contribution is 2.31. The minimum atomic E-state index is -1.18. The van der Waals surface area contributed by atoms with Crippen LogP contribution in [0.1, 0.15) is 45.2 Å². The Balaban J connectivity index is 1.95. The molecule has 1 aliphatic rings. The van der Waals surface area contributed by atoms with E-state index in [1.807, 2.05) is 29.2 Å². The van der Waals surface area contributed by atoms with Gasteiger partial charge in [0, 0.05) is 13.1 Å². The quantitative estimate of drug-likeness (QED) is 0.669. The Morgan fingerprint density at radius 1 is 1.20 bits per heavy atom. The van der Waals surface area contributed by atoms with Gasteiger partial charge in [0.25, 0.3) is 0 Å². The number of piperidine rings is 1. The van der Waals surface area contributed by atoms with Crippen molar-refractivity contribution in [2.75, 3.05) is 24.6 Å². The molecule has 1 fully saturated rings. The van der Waals surface area contributed by atoms with Crippen LogP contribution in [0.4, 0.5) is 5.82 Å². The van der Waals surface area contributed by atoms with Gasteiger partial charge in [0.05, 0.1) is 35.7 Å². The molecule has 30 heavy (non-hydrogen) atoms. The monoisotopic (exact) mass is 410 g/mol. The van der Waals surface area contributed by atoms with Gasteiger partial charge in [-0.25, -0.2) is 9.97 Å². The van der Waals surface area contributed by atoms with Gasteiger partial charge in [-0.15, -0.1) is 0 Å². The van der Waals surface area contributed by atoms with Crippen molar-refractivity contribution in [3.05, 3.63) is 30.0 Å². The molecule has 0 aliphatic carbocycles. The highest BCUT2D eigenvalue weighted by Gasteiger charge is 2.33. The van der Waals surface area contributed by atoms with Crippen LogP contribution in [-0.2, 0) is 19.1 Å². The Hall–Kier alpha value is -3.21. The average Bonchev–Trinajstić information content (AvgIpc) is 2.73. The van der Waals surface area contributed by atoms with Crippen LogP contribution in [0.25, 0.3) is 11.0 Å². The van der Waals surface area contributed by atoms with Crippen molar-refractivity contribution in [1.29, 1.82) is 5.26 Å². The van der Waals surface area contributed by atoms with E-state index in [4.69, 9.17) is 14.5 Å². The second kappa shape index (κ2) is 9.53. The van der Waals surface area contributed by atoms with E-state index in [9.17, 15) is 14.9 Å². The fourth-order valence-corrected chi connectivity index (χ4v) is 3.54. The average molecular weight is 410 g/mol. The number of benzene rings is 1. The molecule has 0 spiro atoms. The molecule has 0 N–H and O–H groups in total. The third kappa shape index (κ3) is 4.67.